The zero-order chi connectivity index (χ0) is 13.2. The average molecular weight is 256 g/mol. The first-order valence-electron chi connectivity index (χ1n) is 5.16. The number of amides is 1. The number of carbonyl (C=O) groups is 1. The number of primary sulfonamides is 1. The van der Waals surface area contributed by atoms with E-state index in [1.807, 2.05) is 0 Å². The minimum absolute atomic E-state index is 0.0394. The van der Waals surface area contributed by atoms with E-state index >= 15 is 0 Å². The van der Waals surface area contributed by atoms with Gasteiger partial charge in [-0.2, -0.15) is 0 Å². The van der Waals surface area contributed by atoms with Crippen molar-refractivity contribution in [2.24, 2.45) is 11.1 Å². The van der Waals surface area contributed by atoms with Gasteiger partial charge in [0, 0.05) is 11.6 Å². The fourth-order valence-electron chi connectivity index (χ4n) is 1.23. The molecule has 0 saturated carbocycles. The van der Waals surface area contributed by atoms with E-state index in [-0.39, 0.29) is 16.7 Å². The van der Waals surface area contributed by atoms with Crippen molar-refractivity contribution >= 4 is 21.6 Å². The molecular weight excluding hydrogens is 240 g/mol. The van der Waals surface area contributed by atoms with Gasteiger partial charge in [-0.3, -0.25) is 4.79 Å². The Morgan fingerprint density at radius 3 is 2.35 bits per heavy atom. The average Bonchev–Trinajstić information content (AvgIpc) is 2.19. The molecule has 0 atom stereocenters. The Hall–Kier alpha value is -1.40. The van der Waals surface area contributed by atoms with Gasteiger partial charge in [-0.1, -0.05) is 13.8 Å². The summed E-state index contributed by atoms with van der Waals surface area (Å²) in [6.45, 7) is 5.28. The van der Waals surface area contributed by atoms with Crippen molar-refractivity contribution in [3.63, 3.8) is 0 Å². The van der Waals surface area contributed by atoms with Crippen LogP contribution >= 0.6 is 0 Å². The van der Waals surface area contributed by atoms with Gasteiger partial charge in [0.1, 0.15) is 0 Å². The number of anilines is 1. The van der Waals surface area contributed by atoms with Crippen molar-refractivity contribution in [1.82, 2.24) is 0 Å². The molecule has 0 saturated heterocycles. The summed E-state index contributed by atoms with van der Waals surface area (Å²) in [5, 5.41) is 7.72. The lowest BCUT2D eigenvalue weighted by Crippen LogP contribution is -2.19. The van der Waals surface area contributed by atoms with Crippen LogP contribution in [0.3, 0.4) is 0 Å². The number of carbonyl (C=O) groups excluding carboxylic acids is 1. The molecule has 0 aliphatic heterocycles. The smallest absolute Gasteiger partial charge is 0.238 e. The van der Waals surface area contributed by atoms with Crippen LogP contribution in [-0.4, -0.2) is 14.3 Å². The van der Waals surface area contributed by atoms with Crippen LogP contribution in [0.4, 0.5) is 5.69 Å². The Bertz CT molecular complexity index is 536. The highest BCUT2D eigenvalue weighted by Gasteiger charge is 2.12. The maximum atomic E-state index is 11.5. The molecule has 1 rings (SSSR count). The number of benzene rings is 1. The van der Waals surface area contributed by atoms with Crippen molar-refractivity contribution in [3.8, 4) is 0 Å². The molecule has 0 unspecified atom stereocenters. The summed E-state index contributed by atoms with van der Waals surface area (Å²) in [4.78, 5) is 11.5. The second-order valence-corrected chi connectivity index (χ2v) is 5.73. The minimum atomic E-state index is -3.70. The quantitative estimate of drug-likeness (QED) is 0.852. The Morgan fingerprint density at radius 1 is 1.35 bits per heavy atom. The number of nitrogens with two attached hydrogens (primary N) is 1. The largest absolute Gasteiger partial charge is 0.326 e. The topological polar surface area (TPSA) is 89.3 Å². The van der Waals surface area contributed by atoms with Crippen LogP contribution in [0.2, 0.25) is 0 Å². The van der Waals surface area contributed by atoms with Crippen LogP contribution in [0.1, 0.15) is 19.4 Å². The molecule has 1 aromatic rings. The fourth-order valence-corrected chi connectivity index (χ4v) is 1.83. The van der Waals surface area contributed by atoms with Gasteiger partial charge in [-0.25, -0.2) is 13.6 Å². The second kappa shape index (κ2) is 4.85. The van der Waals surface area contributed by atoms with E-state index in [9.17, 15) is 13.2 Å². The van der Waals surface area contributed by atoms with Gasteiger partial charge in [-0.05, 0) is 30.7 Å². The van der Waals surface area contributed by atoms with Crippen LogP contribution in [0.5, 0.6) is 0 Å². The van der Waals surface area contributed by atoms with Crippen LogP contribution in [0.15, 0.2) is 23.1 Å². The van der Waals surface area contributed by atoms with Crippen molar-refractivity contribution in [2.75, 3.05) is 5.32 Å². The second-order valence-electron chi connectivity index (χ2n) is 4.17. The number of nitrogens with one attached hydrogen (secondary N) is 1. The molecule has 0 aliphatic carbocycles. The summed E-state index contributed by atoms with van der Waals surface area (Å²) in [6.07, 6.45) is 0. The first kappa shape index (κ1) is 13.7. The van der Waals surface area contributed by atoms with Gasteiger partial charge >= 0.3 is 0 Å². The van der Waals surface area contributed by atoms with E-state index < -0.39 is 10.0 Å². The SMILES string of the molecule is Cc1cc(S(N)(=O)=O)ccc1NC(=O)C(C)C. The number of aryl methyl sites for hydroxylation is 1. The van der Waals surface area contributed by atoms with Crippen LogP contribution in [0.25, 0.3) is 0 Å². The van der Waals surface area contributed by atoms with Gasteiger partial charge in [0.15, 0.2) is 0 Å². The van der Waals surface area contributed by atoms with Crippen molar-refractivity contribution in [2.45, 2.75) is 25.7 Å². The molecule has 1 amide bonds. The first-order valence-corrected chi connectivity index (χ1v) is 6.71. The molecule has 0 bridgehead atoms. The van der Waals surface area contributed by atoms with E-state index in [1.54, 1.807) is 20.8 Å². The maximum Gasteiger partial charge on any atom is 0.238 e. The Balaban J connectivity index is 3.03. The normalized spacial score (nSPS) is 11.6. The third kappa shape index (κ3) is 3.54. The predicted molar refractivity (Wildman–Crippen MR) is 66.0 cm³/mol. The number of sulfonamides is 1. The lowest BCUT2D eigenvalue weighted by Gasteiger charge is -2.11. The Labute approximate surface area is 101 Å². The zero-order valence-electron chi connectivity index (χ0n) is 10.0. The van der Waals surface area contributed by atoms with Crippen molar-refractivity contribution in [1.29, 1.82) is 0 Å². The van der Waals surface area contributed by atoms with Crippen LogP contribution in [-0.2, 0) is 14.8 Å². The van der Waals surface area contributed by atoms with Crippen molar-refractivity contribution < 1.29 is 13.2 Å². The zero-order valence-corrected chi connectivity index (χ0v) is 10.8. The maximum absolute atomic E-state index is 11.5. The summed E-state index contributed by atoms with van der Waals surface area (Å²) in [7, 11) is -3.70. The molecular formula is C11H16N2O3S. The number of rotatable bonds is 3. The van der Waals surface area contributed by atoms with Gasteiger partial charge in [0.05, 0.1) is 4.90 Å². The van der Waals surface area contributed by atoms with Gasteiger partial charge in [0.25, 0.3) is 0 Å². The lowest BCUT2D eigenvalue weighted by molar-refractivity contribution is -0.118. The van der Waals surface area contributed by atoms with E-state index in [4.69, 9.17) is 5.14 Å². The highest BCUT2D eigenvalue weighted by molar-refractivity contribution is 7.89. The third-order valence-electron chi connectivity index (χ3n) is 2.31. The summed E-state index contributed by atoms with van der Waals surface area (Å²) in [5.41, 5.74) is 1.25. The van der Waals surface area contributed by atoms with E-state index in [2.05, 4.69) is 5.32 Å². The molecule has 1 aromatic carbocycles. The Morgan fingerprint density at radius 2 is 1.94 bits per heavy atom. The van der Waals surface area contributed by atoms with Crippen molar-refractivity contribution in [3.05, 3.63) is 23.8 Å². The minimum Gasteiger partial charge on any atom is -0.326 e. The van der Waals surface area contributed by atoms with Gasteiger partial charge < -0.3 is 5.32 Å². The molecule has 0 aromatic heterocycles. The Kier molecular flexibility index (Phi) is 3.90. The van der Waals surface area contributed by atoms with E-state index in [1.165, 1.54) is 18.2 Å². The molecule has 0 spiro atoms. The number of hydrogen-bond donors (Lipinski definition) is 2. The van der Waals surface area contributed by atoms with Crippen LogP contribution in [0, 0.1) is 12.8 Å². The third-order valence-corrected chi connectivity index (χ3v) is 3.22. The molecule has 0 aliphatic rings. The molecule has 0 heterocycles. The summed E-state index contributed by atoms with van der Waals surface area (Å²) in [6, 6.07) is 4.35. The highest BCUT2D eigenvalue weighted by Crippen LogP contribution is 2.19. The van der Waals surface area contributed by atoms with Gasteiger partial charge in [0.2, 0.25) is 15.9 Å². The van der Waals surface area contributed by atoms with Gasteiger partial charge in [-0.15, -0.1) is 0 Å². The van der Waals surface area contributed by atoms with E-state index in [0.29, 0.717) is 11.3 Å². The summed E-state index contributed by atoms with van der Waals surface area (Å²) < 4.78 is 22.2. The molecule has 3 N–H and O–H groups in total. The molecule has 0 fully saturated rings. The molecule has 5 nitrogen and oxygen atoms in total. The lowest BCUT2D eigenvalue weighted by atomic mass is 10.1. The first-order chi connectivity index (χ1) is 7.71. The molecule has 0 radical (unpaired) electrons. The summed E-state index contributed by atoms with van der Waals surface area (Å²) in [5.74, 6) is -0.247. The molecule has 6 heteroatoms. The molecule has 17 heavy (non-hydrogen) atoms. The molecule has 94 valence electrons. The standard InChI is InChI=1S/C11H16N2O3S/c1-7(2)11(14)13-10-5-4-9(6-8(10)3)17(12,15)16/h4-7H,1-3H3,(H,13,14)(H2,12,15,16). The fraction of sp³-hybridized carbons (Fsp3) is 0.364. The van der Waals surface area contributed by atoms with E-state index in [0.717, 1.165) is 0 Å². The predicted octanol–water partition coefficient (Wildman–Crippen LogP) is 1.24. The monoisotopic (exact) mass is 256 g/mol. The van der Waals surface area contributed by atoms with Crippen LogP contribution < -0.4 is 10.5 Å². The summed E-state index contributed by atoms with van der Waals surface area (Å²) >= 11 is 0. The number of hydrogen-bond acceptors (Lipinski definition) is 3. The highest BCUT2D eigenvalue weighted by atomic mass is 32.2.